The number of anilines is 1. The molecule has 0 radical (unpaired) electrons. The summed E-state index contributed by atoms with van der Waals surface area (Å²) in [4.78, 5) is 24.5. The second-order valence-electron chi connectivity index (χ2n) is 9.45. The first-order valence-corrected chi connectivity index (χ1v) is 9.88. The van der Waals surface area contributed by atoms with Gasteiger partial charge in [0.2, 0.25) is 11.8 Å². The lowest BCUT2D eigenvalue weighted by molar-refractivity contribution is -0.132. The average Bonchev–Trinajstić information content (AvgIpc) is 2.75. The lowest BCUT2D eigenvalue weighted by Gasteiger charge is -2.59. The van der Waals surface area contributed by atoms with E-state index in [0.717, 1.165) is 16.6 Å². The van der Waals surface area contributed by atoms with E-state index in [-0.39, 0.29) is 29.3 Å². The Balaban J connectivity index is 1.84. The number of piperazine rings is 1. The number of carbonyl (C=O) groups excluding carboxylic acids is 1. The van der Waals surface area contributed by atoms with Crippen molar-refractivity contribution in [1.82, 2.24) is 15.3 Å². The highest BCUT2D eigenvalue weighted by molar-refractivity contribution is 5.98. The number of ether oxygens (including phenoxy) is 1. The Bertz CT molecular complexity index is 998. The summed E-state index contributed by atoms with van der Waals surface area (Å²) in [6.45, 7) is 11.2. The SMILES string of the molecule is CC1C2NC(C(N)=O)(C1(C)C)C(C)(C)N1c3nccc4ccnc(c34)OCC21. The molecule has 7 nitrogen and oxygen atoms in total. The van der Waals surface area contributed by atoms with Crippen molar-refractivity contribution in [3.05, 3.63) is 24.5 Å². The van der Waals surface area contributed by atoms with Gasteiger partial charge in [-0.25, -0.2) is 9.97 Å². The van der Waals surface area contributed by atoms with Gasteiger partial charge in [0.1, 0.15) is 18.0 Å². The molecule has 3 N–H and O–H groups in total. The largest absolute Gasteiger partial charge is 0.475 e. The standard InChI is InChI=1S/C21H27N5O2/c1-11-15-13-10-28-17-14-12(7-9-24-17)6-8-23-16(14)26(13)20(4,5)21(25-15,18(22)27)19(11,2)3/h6-9,11,13,15,25H,10H2,1-5H3,(H2,22,27). The summed E-state index contributed by atoms with van der Waals surface area (Å²) in [5.74, 6) is 1.31. The molecule has 5 rings (SSSR count). The smallest absolute Gasteiger partial charge is 0.240 e. The summed E-state index contributed by atoms with van der Waals surface area (Å²) in [5.41, 5.74) is 4.24. The maximum Gasteiger partial charge on any atom is 0.240 e. The van der Waals surface area contributed by atoms with E-state index in [9.17, 15) is 4.79 Å². The van der Waals surface area contributed by atoms with Crippen molar-refractivity contribution in [2.45, 2.75) is 57.8 Å². The molecular weight excluding hydrogens is 354 g/mol. The number of fused-ring (bicyclic) bond motifs is 5. The van der Waals surface area contributed by atoms with E-state index in [1.54, 1.807) is 6.20 Å². The molecule has 148 valence electrons. The van der Waals surface area contributed by atoms with Gasteiger partial charge in [0.25, 0.3) is 0 Å². The van der Waals surface area contributed by atoms with Crippen LogP contribution in [0.25, 0.3) is 10.8 Å². The minimum atomic E-state index is -0.906. The maximum atomic E-state index is 13.0. The van der Waals surface area contributed by atoms with Crippen LogP contribution in [0.15, 0.2) is 24.5 Å². The van der Waals surface area contributed by atoms with Crippen molar-refractivity contribution >= 4 is 22.5 Å². The minimum Gasteiger partial charge on any atom is -0.475 e. The zero-order valence-electron chi connectivity index (χ0n) is 17.0. The molecule has 2 aromatic heterocycles. The van der Waals surface area contributed by atoms with E-state index in [2.05, 4.69) is 49.8 Å². The maximum absolute atomic E-state index is 13.0. The Morgan fingerprint density at radius 2 is 1.93 bits per heavy atom. The molecule has 1 amide bonds. The van der Waals surface area contributed by atoms with Crippen molar-refractivity contribution in [3.8, 4) is 5.88 Å². The number of carbonyl (C=O) groups is 1. The van der Waals surface area contributed by atoms with Crippen LogP contribution >= 0.6 is 0 Å². The summed E-state index contributed by atoms with van der Waals surface area (Å²) >= 11 is 0. The molecule has 0 aromatic carbocycles. The van der Waals surface area contributed by atoms with Gasteiger partial charge in [0.15, 0.2) is 0 Å². The van der Waals surface area contributed by atoms with E-state index in [1.807, 2.05) is 18.3 Å². The zero-order valence-corrected chi connectivity index (χ0v) is 17.0. The zero-order chi connectivity index (χ0) is 20.1. The Kier molecular flexibility index (Phi) is 3.25. The Morgan fingerprint density at radius 3 is 2.61 bits per heavy atom. The number of nitrogens with zero attached hydrogens (tertiary/aromatic N) is 3. The number of nitrogens with one attached hydrogen (secondary N) is 1. The van der Waals surface area contributed by atoms with Gasteiger partial charge in [-0.15, -0.1) is 0 Å². The minimum absolute atomic E-state index is 0.00606. The summed E-state index contributed by atoms with van der Waals surface area (Å²) in [5, 5.41) is 5.60. The second kappa shape index (κ2) is 5.14. The van der Waals surface area contributed by atoms with E-state index in [0.29, 0.717) is 12.5 Å². The molecule has 28 heavy (non-hydrogen) atoms. The monoisotopic (exact) mass is 381 g/mol. The molecule has 0 aliphatic carbocycles. The fourth-order valence-corrected chi connectivity index (χ4v) is 6.32. The van der Waals surface area contributed by atoms with E-state index >= 15 is 0 Å². The van der Waals surface area contributed by atoms with Gasteiger partial charge in [0.05, 0.1) is 17.0 Å². The van der Waals surface area contributed by atoms with Crippen LogP contribution in [0.1, 0.15) is 34.6 Å². The van der Waals surface area contributed by atoms with Crippen LogP contribution in [0.4, 0.5) is 5.82 Å². The summed E-state index contributed by atoms with van der Waals surface area (Å²) < 4.78 is 6.19. The molecule has 4 unspecified atom stereocenters. The molecule has 7 heteroatoms. The number of hydrogen-bond donors (Lipinski definition) is 2. The van der Waals surface area contributed by atoms with Crippen LogP contribution in [-0.2, 0) is 4.79 Å². The van der Waals surface area contributed by atoms with Crippen LogP contribution in [0, 0.1) is 11.3 Å². The van der Waals surface area contributed by atoms with Crippen molar-refractivity contribution in [2.75, 3.05) is 11.5 Å². The van der Waals surface area contributed by atoms with E-state index in [1.165, 1.54) is 0 Å². The molecule has 0 spiro atoms. The van der Waals surface area contributed by atoms with Crippen molar-refractivity contribution in [1.29, 1.82) is 0 Å². The first-order chi connectivity index (χ1) is 13.1. The molecule has 3 aliphatic rings. The van der Waals surface area contributed by atoms with Gasteiger partial charge in [-0.3, -0.25) is 10.1 Å². The van der Waals surface area contributed by atoms with Crippen LogP contribution in [0.3, 0.4) is 0 Å². The molecule has 2 saturated heterocycles. The molecular formula is C21H27N5O2. The highest BCUT2D eigenvalue weighted by atomic mass is 16.5. The predicted octanol–water partition coefficient (Wildman–Crippen LogP) is 1.85. The van der Waals surface area contributed by atoms with E-state index < -0.39 is 11.1 Å². The van der Waals surface area contributed by atoms with Crippen LogP contribution in [0.2, 0.25) is 0 Å². The van der Waals surface area contributed by atoms with Gasteiger partial charge in [-0.1, -0.05) is 20.8 Å². The number of primary amides is 1. The fourth-order valence-electron chi connectivity index (χ4n) is 6.32. The summed E-state index contributed by atoms with van der Waals surface area (Å²) in [6.07, 6.45) is 3.58. The molecule has 2 aromatic rings. The van der Waals surface area contributed by atoms with Gasteiger partial charge < -0.3 is 15.4 Å². The third-order valence-electron chi connectivity index (χ3n) is 7.90. The van der Waals surface area contributed by atoms with Crippen molar-refractivity contribution in [2.24, 2.45) is 17.1 Å². The van der Waals surface area contributed by atoms with Crippen LogP contribution in [0.5, 0.6) is 5.88 Å². The Morgan fingerprint density at radius 1 is 1.25 bits per heavy atom. The first-order valence-electron chi connectivity index (χ1n) is 9.88. The highest BCUT2D eigenvalue weighted by Crippen LogP contribution is 2.59. The summed E-state index contributed by atoms with van der Waals surface area (Å²) in [6, 6.07) is 3.98. The number of hydrogen-bond acceptors (Lipinski definition) is 6. The quantitative estimate of drug-likeness (QED) is 0.783. The average molecular weight is 381 g/mol. The Hall–Kier alpha value is -2.41. The second-order valence-corrected chi connectivity index (χ2v) is 9.45. The van der Waals surface area contributed by atoms with Crippen LogP contribution in [-0.4, -0.2) is 45.6 Å². The topological polar surface area (TPSA) is 93.4 Å². The Labute approximate surface area is 164 Å². The normalized spacial score (nSPS) is 34.5. The number of amides is 1. The highest BCUT2D eigenvalue weighted by Gasteiger charge is 2.74. The molecule has 5 heterocycles. The third-order valence-corrected chi connectivity index (χ3v) is 7.90. The van der Waals surface area contributed by atoms with Gasteiger partial charge in [-0.05, 0) is 42.7 Å². The van der Waals surface area contributed by atoms with E-state index in [4.69, 9.17) is 15.5 Å². The molecule has 2 bridgehead atoms. The van der Waals surface area contributed by atoms with Gasteiger partial charge >= 0.3 is 0 Å². The van der Waals surface area contributed by atoms with Gasteiger partial charge in [0, 0.05) is 18.4 Å². The van der Waals surface area contributed by atoms with Gasteiger partial charge in [-0.2, -0.15) is 0 Å². The molecule has 3 aliphatic heterocycles. The molecule has 0 saturated carbocycles. The molecule has 2 fully saturated rings. The molecule has 4 atom stereocenters. The van der Waals surface area contributed by atoms with Crippen molar-refractivity contribution in [3.63, 3.8) is 0 Å². The summed E-state index contributed by atoms with van der Waals surface area (Å²) in [7, 11) is 0. The third kappa shape index (κ3) is 1.72. The fraction of sp³-hybridized carbons (Fsp3) is 0.571. The first kappa shape index (κ1) is 17.7. The lowest BCUT2D eigenvalue weighted by atomic mass is 9.60. The number of nitrogens with two attached hydrogens (primary N) is 1. The lowest BCUT2D eigenvalue weighted by Crippen LogP contribution is -2.82. The number of pyridine rings is 2. The predicted molar refractivity (Wildman–Crippen MR) is 107 cm³/mol. The van der Waals surface area contributed by atoms with Crippen LogP contribution < -0.4 is 20.7 Å². The van der Waals surface area contributed by atoms with Crippen molar-refractivity contribution < 1.29 is 9.53 Å². The number of aromatic nitrogens is 2. The number of rotatable bonds is 1.